The summed E-state index contributed by atoms with van der Waals surface area (Å²) in [7, 11) is 0. The van der Waals surface area contributed by atoms with Gasteiger partial charge < -0.3 is 9.64 Å². The molecule has 2 aromatic heterocycles. The summed E-state index contributed by atoms with van der Waals surface area (Å²) in [5.74, 6) is 1.80. The Morgan fingerprint density at radius 3 is 2.74 bits per heavy atom. The fourth-order valence-electron chi connectivity index (χ4n) is 3.06. The molecule has 0 atom stereocenters. The second kappa shape index (κ2) is 6.83. The van der Waals surface area contributed by atoms with Crippen LogP contribution in [0.4, 0.5) is 5.82 Å². The summed E-state index contributed by atoms with van der Waals surface area (Å²) in [5.41, 5.74) is 0. The molecule has 3 heterocycles. The Bertz CT molecular complexity index is 705. The zero-order valence-electron chi connectivity index (χ0n) is 14.0. The van der Waals surface area contributed by atoms with Crippen LogP contribution in [0.5, 0.6) is 0 Å². The lowest BCUT2D eigenvalue weighted by atomic mass is 9.97. The van der Waals surface area contributed by atoms with E-state index < -0.39 is 0 Å². The molecule has 23 heavy (non-hydrogen) atoms. The van der Waals surface area contributed by atoms with Gasteiger partial charge in [-0.15, -0.1) is 11.3 Å². The number of ether oxygens (including phenoxy) is 1. The lowest BCUT2D eigenvalue weighted by Gasteiger charge is -2.32. The predicted octanol–water partition coefficient (Wildman–Crippen LogP) is 3.34. The Balaban J connectivity index is 1.81. The Morgan fingerprint density at radius 1 is 1.35 bits per heavy atom. The number of nitrogens with zero attached hydrogens (tertiary/aromatic N) is 3. The molecule has 5 nitrogen and oxygen atoms in total. The SMILES string of the molecule is CCOC(=O)C1CCN(c2nc(C)nc3sc(CC)cc23)CC1. The molecule has 1 aliphatic heterocycles. The first-order valence-corrected chi connectivity index (χ1v) is 9.12. The maximum Gasteiger partial charge on any atom is 0.309 e. The highest BCUT2D eigenvalue weighted by atomic mass is 32.1. The molecule has 6 heteroatoms. The van der Waals surface area contributed by atoms with Gasteiger partial charge in [0.25, 0.3) is 0 Å². The van der Waals surface area contributed by atoms with Crippen LogP contribution in [0.15, 0.2) is 6.07 Å². The number of aromatic nitrogens is 2. The molecule has 0 amide bonds. The Hall–Kier alpha value is -1.69. The summed E-state index contributed by atoms with van der Waals surface area (Å²) in [6, 6.07) is 2.21. The summed E-state index contributed by atoms with van der Waals surface area (Å²) in [4.78, 5) is 25.8. The molecular formula is C17H23N3O2S. The summed E-state index contributed by atoms with van der Waals surface area (Å²) >= 11 is 1.75. The quantitative estimate of drug-likeness (QED) is 0.803. The minimum Gasteiger partial charge on any atom is -0.466 e. The maximum atomic E-state index is 11.9. The van der Waals surface area contributed by atoms with Crippen LogP contribution >= 0.6 is 11.3 Å². The van der Waals surface area contributed by atoms with Gasteiger partial charge in [-0.2, -0.15) is 0 Å². The van der Waals surface area contributed by atoms with E-state index in [4.69, 9.17) is 4.74 Å². The van der Waals surface area contributed by atoms with Gasteiger partial charge in [0.1, 0.15) is 16.5 Å². The van der Waals surface area contributed by atoms with Crippen molar-refractivity contribution in [2.45, 2.75) is 40.0 Å². The second-order valence-electron chi connectivity index (χ2n) is 5.89. The van der Waals surface area contributed by atoms with Gasteiger partial charge in [0.15, 0.2) is 0 Å². The number of carbonyl (C=O) groups excluding carboxylic acids is 1. The Labute approximate surface area is 140 Å². The molecule has 1 saturated heterocycles. The highest BCUT2D eigenvalue weighted by molar-refractivity contribution is 7.18. The number of rotatable bonds is 4. The minimum atomic E-state index is -0.0556. The third-order valence-corrected chi connectivity index (χ3v) is 5.47. The molecule has 0 aromatic carbocycles. The first-order chi connectivity index (χ1) is 11.1. The number of esters is 1. The molecule has 0 spiro atoms. The van der Waals surface area contributed by atoms with Crippen molar-refractivity contribution in [3.8, 4) is 0 Å². The second-order valence-corrected chi connectivity index (χ2v) is 7.01. The monoisotopic (exact) mass is 333 g/mol. The fraction of sp³-hybridized carbons (Fsp3) is 0.588. The smallest absolute Gasteiger partial charge is 0.309 e. The van der Waals surface area contributed by atoms with E-state index in [1.165, 1.54) is 4.88 Å². The predicted molar refractivity (Wildman–Crippen MR) is 93.1 cm³/mol. The van der Waals surface area contributed by atoms with Crippen LogP contribution in [0.3, 0.4) is 0 Å². The molecular weight excluding hydrogens is 310 g/mol. The van der Waals surface area contributed by atoms with E-state index in [0.717, 1.165) is 54.2 Å². The Kier molecular flexibility index (Phi) is 4.80. The van der Waals surface area contributed by atoms with Gasteiger partial charge in [0.05, 0.1) is 17.9 Å². The van der Waals surface area contributed by atoms with Crippen molar-refractivity contribution in [1.82, 2.24) is 9.97 Å². The van der Waals surface area contributed by atoms with Crippen LogP contribution in [-0.4, -0.2) is 35.6 Å². The van der Waals surface area contributed by atoms with Gasteiger partial charge in [-0.1, -0.05) is 6.92 Å². The first kappa shape index (κ1) is 16.2. The third-order valence-electron chi connectivity index (χ3n) is 4.30. The van der Waals surface area contributed by atoms with Gasteiger partial charge in [-0.3, -0.25) is 4.79 Å². The molecule has 0 radical (unpaired) electrons. The van der Waals surface area contributed by atoms with E-state index in [-0.39, 0.29) is 11.9 Å². The maximum absolute atomic E-state index is 11.9. The van der Waals surface area contributed by atoms with Crippen LogP contribution < -0.4 is 4.90 Å². The van der Waals surface area contributed by atoms with Crippen molar-refractivity contribution in [2.24, 2.45) is 5.92 Å². The van der Waals surface area contributed by atoms with Crippen LogP contribution in [0.2, 0.25) is 0 Å². The van der Waals surface area contributed by atoms with Gasteiger partial charge in [0, 0.05) is 18.0 Å². The van der Waals surface area contributed by atoms with E-state index in [1.54, 1.807) is 11.3 Å². The topological polar surface area (TPSA) is 55.3 Å². The number of thiophene rings is 1. The summed E-state index contributed by atoms with van der Waals surface area (Å²) in [6.07, 6.45) is 2.67. The standard InChI is InChI=1S/C17H23N3O2S/c1-4-13-10-14-15(18-11(3)19-16(14)23-13)20-8-6-12(7-9-20)17(21)22-5-2/h10,12H,4-9H2,1-3H3. The van der Waals surface area contributed by atoms with Crippen molar-refractivity contribution >= 4 is 33.3 Å². The number of hydrogen-bond donors (Lipinski definition) is 0. The first-order valence-electron chi connectivity index (χ1n) is 8.31. The van der Waals surface area contributed by atoms with Crippen LogP contribution in [0.1, 0.15) is 37.4 Å². The number of piperidine rings is 1. The number of hydrogen-bond acceptors (Lipinski definition) is 6. The van der Waals surface area contributed by atoms with Crippen molar-refractivity contribution < 1.29 is 9.53 Å². The highest BCUT2D eigenvalue weighted by Crippen LogP contribution is 2.33. The van der Waals surface area contributed by atoms with Crippen LogP contribution in [0.25, 0.3) is 10.2 Å². The zero-order chi connectivity index (χ0) is 16.4. The van der Waals surface area contributed by atoms with Gasteiger partial charge in [0.2, 0.25) is 0 Å². The van der Waals surface area contributed by atoms with E-state index in [2.05, 4.69) is 27.9 Å². The molecule has 0 N–H and O–H groups in total. The summed E-state index contributed by atoms with van der Waals surface area (Å²) in [5, 5.41) is 1.15. The molecule has 0 unspecified atom stereocenters. The molecule has 2 aromatic rings. The van der Waals surface area contributed by atoms with E-state index >= 15 is 0 Å². The number of aryl methyl sites for hydroxylation is 2. The van der Waals surface area contributed by atoms with Crippen LogP contribution in [0, 0.1) is 12.8 Å². The molecule has 1 aliphatic rings. The lowest BCUT2D eigenvalue weighted by molar-refractivity contribution is -0.148. The van der Waals surface area contributed by atoms with E-state index in [1.807, 2.05) is 13.8 Å². The Morgan fingerprint density at radius 2 is 2.09 bits per heavy atom. The van der Waals surface area contributed by atoms with Crippen molar-refractivity contribution in [1.29, 1.82) is 0 Å². The van der Waals surface area contributed by atoms with Crippen molar-refractivity contribution in [2.75, 3.05) is 24.6 Å². The summed E-state index contributed by atoms with van der Waals surface area (Å²) in [6.45, 7) is 8.10. The number of anilines is 1. The molecule has 124 valence electrons. The number of fused-ring (bicyclic) bond motifs is 1. The molecule has 1 fully saturated rings. The summed E-state index contributed by atoms with van der Waals surface area (Å²) < 4.78 is 5.15. The fourth-order valence-corrected chi connectivity index (χ4v) is 4.07. The molecule has 0 saturated carbocycles. The molecule has 3 rings (SSSR count). The number of carbonyl (C=O) groups is 1. The molecule has 0 bridgehead atoms. The van der Waals surface area contributed by atoms with Crippen molar-refractivity contribution in [3.05, 3.63) is 16.8 Å². The van der Waals surface area contributed by atoms with Gasteiger partial charge >= 0.3 is 5.97 Å². The largest absolute Gasteiger partial charge is 0.466 e. The minimum absolute atomic E-state index is 0.0262. The normalized spacial score (nSPS) is 16.0. The van der Waals surface area contributed by atoms with Gasteiger partial charge in [-0.05, 0) is 39.2 Å². The van der Waals surface area contributed by atoms with Crippen LogP contribution in [-0.2, 0) is 16.0 Å². The third kappa shape index (κ3) is 3.32. The average molecular weight is 333 g/mol. The lowest BCUT2D eigenvalue weighted by Crippen LogP contribution is -2.37. The van der Waals surface area contributed by atoms with Gasteiger partial charge in [-0.25, -0.2) is 9.97 Å². The van der Waals surface area contributed by atoms with E-state index in [9.17, 15) is 4.79 Å². The van der Waals surface area contributed by atoms with E-state index in [0.29, 0.717) is 6.61 Å². The van der Waals surface area contributed by atoms with Crippen molar-refractivity contribution in [3.63, 3.8) is 0 Å². The highest BCUT2D eigenvalue weighted by Gasteiger charge is 2.27. The zero-order valence-corrected chi connectivity index (χ0v) is 14.8. The molecule has 0 aliphatic carbocycles. The average Bonchev–Trinajstić information content (AvgIpc) is 2.97.